The maximum absolute atomic E-state index is 4.99. The Bertz CT molecular complexity index is 505. The summed E-state index contributed by atoms with van der Waals surface area (Å²) in [5.74, 6) is 1.06. The van der Waals surface area contributed by atoms with Crippen molar-refractivity contribution in [1.29, 1.82) is 0 Å². The van der Waals surface area contributed by atoms with Gasteiger partial charge in [-0.2, -0.15) is 0 Å². The molecule has 17 heavy (non-hydrogen) atoms. The first kappa shape index (κ1) is 12.1. The zero-order valence-corrected chi connectivity index (χ0v) is 10.7. The molecule has 0 spiro atoms. The van der Waals surface area contributed by atoms with Crippen LogP contribution in [0.3, 0.4) is 0 Å². The number of rotatable bonds is 5. The standard InChI is InChI=1S/C13H19N3O/c1-10-4-5-12-11(8-10)15-13(16(12)2)9-14-6-7-17-3/h4-5,8,14H,6-7,9H2,1-3H3. The van der Waals surface area contributed by atoms with Crippen LogP contribution in [0.15, 0.2) is 18.2 Å². The van der Waals surface area contributed by atoms with Gasteiger partial charge in [0.15, 0.2) is 0 Å². The van der Waals surface area contributed by atoms with Gasteiger partial charge in [0.05, 0.1) is 24.2 Å². The first-order valence-electron chi connectivity index (χ1n) is 5.84. The molecule has 0 unspecified atom stereocenters. The van der Waals surface area contributed by atoms with Crippen molar-refractivity contribution in [2.75, 3.05) is 20.3 Å². The number of hydrogen-bond donors (Lipinski definition) is 1. The topological polar surface area (TPSA) is 39.1 Å². The number of aromatic nitrogens is 2. The zero-order chi connectivity index (χ0) is 12.3. The summed E-state index contributed by atoms with van der Waals surface area (Å²) in [6, 6.07) is 6.36. The van der Waals surface area contributed by atoms with Crippen molar-refractivity contribution in [3.8, 4) is 0 Å². The van der Waals surface area contributed by atoms with Crippen molar-refractivity contribution in [3.63, 3.8) is 0 Å². The van der Waals surface area contributed by atoms with Crippen LogP contribution in [0, 0.1) is 6.92 Å². The molecule has 0 aliphatic heterocycles. The summed E-state index contributed by atoms with van der Waals surface area (Å²) >= 11 is 0. The molecule has 1 heterocycles. The molecule has 0 atom stereocenters. The van der Waals surface area contributed by atoms with Crippen LogP contribution >= 0.6 is 0 Å². The molecule has 4 nitrogen and oxygen atoms in total. The Morgan fingerprint density at radius 3 is 3.00 bits per heavy atom. The Morgan fingerprint density at radius 1 is 1.41 bits per heavy atom. The highest BCUT2D eigenvalue weighted by molar-refractivity contribution is 5.76. The second kappa shape index (κ2) is 5.29. The molecule has 1 N–H and O–H groups in total. The summed E-state index contributed by atoms with van der Waals surface area (Å²) in [6.45, 7) is 4.43. The van der Waals surface area contributed by atoms with E-state index in [4.69, 9.17) is 4.74 Å². The number of benzene rings is 1. The Morgan fingerprint density at radius 2 is 2.24 bits per heavy atom. The molecular formula is C13H19N3O. The number of hydrogen-bond acceptors (Lipinski definition) is 3. The monoisotopic (exact) mass is 233 g/mol. The summed E-state index contributed by atoms with van der Waals surface area (Å²) in [5.41, 5.74) is 3.49. The summed E-state index contributed by atoms with van der Waals surface area (Å²) in [5, 5.41) is 3.31. The van der Waals surface area contributed by atoms with Crippen molar-refractivity contribution in [2.45, 2.75) is 13.5 Å². The molecule has 0 radical (unpaired) electrons. The number of nitrogens with zero attached hydrogens (tertiary/aromatic N) is 2. The molecule has 92 valence electrons. The zero-order valence-electron chi connectivity index (χ0n) is 10.7. The fourth-order valence-electron chi connectivity index (χ4n) is 1.89. The SMILES string of the molecule is COCCNCc1nc2cc(C)ccc2n1C. The average molecular weight is 233 g/mol. The molecule has 0 aliphatic rings. The molecule has 1 aromatic carbocycles. The van der Waals surface area contributed by atoms with Gasteiger partial charge >= 0.3 is 0 Å². The molecular weight excluding hydrogens is 214 g/mol. The van der Waals surface area contributed by atoms with Gasteiger partial charge in [-0.05, 0) is 24.6 Å². The van der Waals surface area contributed by atoms with Crippen molar-refractivity contribution >= 4 is 11.0 Å². The highest BCUT2D eigenvalue weighted by Crippen LogP contribution is 2.16. The van der Waals surface area contributed by atoms with Gasteiger partial charge in [-0.15, -0.1) is 0 Å². The normalized spacial score (nSPS) is 11.2. The highest BCUT2D eigenvalue weighted by atomic mass is 16.5. The van der Waals surface area contributed by atoms with Crippen LogP contribution in [-0.2, 0) is 18.3 Å². The lowest BCUT2D eigenvalue weighted by Crippen LogP contribution is -2.20. The van der Waals surface area contributed by atoms with Crippen molar-refractivity contribution < 1.29 is 4.74 Å². The maximum Gasteiger partial charge on any atom is 0.123 e. The highest BCUT2D eigenvalue weighted by Gasteiger charge is 2.06. The molecule has 1 aromatic heterocycles. The van der Waals surface area contributed by atoms with Gasteiger partial charge in [-0.1, -0.05) is 6.07 Å². The average Bonchev–Trinajstić information content (AvgIpc) is 2.61. The van der Waals surface area contributed by atoms with Crippen LogP contribution in [0.2, 0.25) is 0 Å². The van der Waals surface area contributed by atoms with Crippen LogP contribution in [0.5, 0.6) is 0 Å². The predicted molar refractivity (Wildman–Crippen MR) is 69.0 cm³/mol. The van der Waals surface area contributed by atoms with Gasteiger partial charge in [-0.3, -0.25) is 0 Å². The largest absolute Gasteiger partial charge is 0.383 e. The van der Waals surface area contributed by atoms with E-state index in [1.807, 2.05) is 0 Å². The van der Waals surface area contributed by atoms with Gasteiger partial charge in [0.25, 0.3) is 0 Å². The first-order chi connectivity index (χ1) is 8.22. The number of nitrogens with one attached hydrogen (secondary N) is 1. The third kappa shape index (κ3) is 2.65. The minimum atomic E-state index is 0.725. The molecule has 4 heteroatoms. The summed E-state index contributed by atoms with van der Waals surface area (Å²) in [4.78, 5) is 4.63. The van der Waals surface area contributed by atoms with Gasteiger partial charge in [0, 0.05) is 20.7 Å². The predicted octanol–water partition coefficient (Wildman–Crippen LogP) is 1.62. The van der Waals surface area contributed by atoms with Crippen LogP contribution in [0.4, 0.5) is 0 Å². The van der Waals surface area contributed by atoms with E-state index in [2.05, 4.69) is 47.0 Å². The van der Waals surface area contributed by atoms with E-state index in [0.29, 0.717) is 0 Å². The number of aryl methyl sites for hydroxylation is 2. The van der Waals surface area contributed by atoms with Crippen LogP contribution < -0.4 is 5.32 Å². The van der Waals surface area contributed by atoms with Crippen LogP contribution in [0.25, 0.3) is 11.0 Å². The number of fused-ring (bicyclic) bond motifs is 1. The van der Waals surface area contributed by atoms with Crippen molar-refractivity contribution in [3.05, 3.63) is 29.6 Å². The van der Waals surface area contributed by atoms with Gasteiger partial charge in [-0.25, -0.2) is 4.98 Å². The van der Waals surface area contributed by atoms with E-state index in [-0.39, 0.29) is 0 Å². The fourth-order valence-corrected chi connectivity index (χ4v) is 1.89. The Balaban J connectivity index is 2.15. The smallest absolute Gasteiger partial charge is 0.123 e. The maximum atomic E-state index is 4.99. The van der Waals surface area contributed by atoms with Gasteiger partial charge in [0.1, 0.15) is 5.82 Å². The van der Waals surface area contributed by atoms with E-state index in [1.165, 1.54) is 11.1 Å². The third-order valence-electron chi connectivity index (χ3n) is 2.90. The number of methoxy groups -OCH3 is 1. The van der Waals surface area contributed by atoms with E-state index in [0.717, 1.165) is 31.0 Å². The van der Waals surface area contributed by atoms with Crippen molar-refractivity contribution in [1.82, 2.24) is 14.9 Å². The molecule has 0 aliphatic carbocycles. The lowest BCUT2D eigenvalue weighted by molar-refractivity contribution is 0.199. The Labute approximate surface area is 102 Å². The summed E-state index contributed by atoms with van der Waals surface area (Å²) < 4.78 is 7.13. The molecule has 0 fully saturated rings. The van der Waals surface area contributed by atoms with E-state index in [9.17, 15) is 0 Å². The molecule has 0 saturated carbocycles. The second-order valence-corrected chi connectivity index (χ2v) is 4.25. The lowest BCUT2D eigenvalue weighted by Gasteiger charge is -2.04. The molecule has 0 saturated heterocycles. The minimum Gasteiger partial charge on any atom is -0.383 e. The third-order valence-corrected chi connectivity index (χ3v) is 2.90. The molecule has 0 amide bonds. The molecule has 2 aromatic rings. The summed E-state index contributed by atoms with van der Waals surface area (Å²) in [7, 11) is 3.76. The Hall–Kier alpha value is -1.39. The molecule has 2 rings (SSSR count). The van der Waals surface area contributed by atoms with Gasteiger partial charge in [0.2, 0.25) is 0 Å². The Kier molecular flexibility index (Phi) is 3.76. The van der Waals surface area contributed by atoms with Crippen molar-refractivity contribution in [2.24, 2.45) is 7.05 Å². The van der Waals surface area contributed by atoms with Gasteiger partial charge < -0.3 is 14.6 Å². The molecule has 0 bridgehead atoms. The van der Waals surface area contributed by atoms with Crippen LogP contribution in [0.1, 0.15) is 11.4 Å². The first-order valence-corrected chi connectivity index (χ1v) is 5.84. The fraction of sp³-hybridized carbons (Fsp3) is 0.462. The van der Waals surface area contributed by atoms with Crippen LogP contribution in [-0.4, -0.2) is 29.8 Å². The van der Waals surface area contributed by atoms with E-state index >= 15 is 0 Å². The second-order valence-electron chi connectivity index (χ2n) is 4.25. The number of ether oxygens (including phenoxy) is 1. The van der Waals surface area contributed by atoms with E-state index in [1.54, 1.807) is 7.11 Å². The quantitative estimate of drug-likeness (QED) is 0.798. The lowest BCUT2D eigenvalue weighted by atomic mass is 10.2. The minimum absolute atomic E-state index is 0.725. The van der Waals surface area contributed by atoms with E-state index < -0.39 is 0 Å². The summed E-state index contributed by atoms with van der Waals surface area (Å²) in [6.07, 6.45) is 0. The number of imidazole rings is 1.